The molecule has 11 nitrogen and oxygen atoms in total. The predicted molar refractivity (Wildman–Crippen MR) is 122 cm³/mol. The summed E-state index contributed by atoms with van der Waals surface area (Å²) in [6.45, 7) is -0.222. The van der Waals surface area contributed by atoms with Crippen molar-refractivity contribution in [2.75, 3.05) is 32.3 Å². The van der Waals surface area contributed by atoms with E-state index in [1.165, 1.54) is 14.2 Å². The number of ether oxygens (including phenoxy) is 3. The molecule has 0 bridgehead atoms. The number of fused-ring (bicyclic) bond motifs is 1. The minimum Gasteiger partial charge on any atom is -0.493 e. The first-order valence-corrected chi connectivity index (χ1v) is 10.3. The highest BCUT2D eigenvalue weighted by molar-refractivity contribution is 7.21. The molecule has 0 aliphatic rings. The van der Waals surface area contributed by atoms with Crippen molar-refractivity contribution in [1.82, 2.24) is 4.98 Å². The van der Waals surface area contributed by atoms with E-state index < -0.39 is 18.0 Å². The van der Waals surface area contributed by atoms with Gasteiger partial charge in [-0.1, -0.05) is 6.07 Å². The maximum Gasteiger partial charge on any atom is 0.308 e. The number of nitrogen functional groups attached to an aromatic ring is 2. The number of nitriles is 1. The van der Waals surface area contributed by atoms with Gasteiger partial charge < -0.3 is 36.5 Å². The number of aromatic nitrogens is 1. The van der Waals surface area contributed by atoms with Gasteiger partial charge in [-0.15, -0.1) is 11.3 Å². The molecule has 0 fully saturated rings. The van der Waals surface area contributed by atoms with Crippen LogP contribution in [0.5, 0.6) is 11.5 Å². The maximum absolute atomic E-state index is 11.8. The Morgan fingerprint density at radius 2 is 2.00 bits per heavy atom. The Hall–Kier alpha value is -4.08. The van der Waals surface area contributed by atoms with Crippen molar-refractivity contribution in [2.24, 2.45) is 5.73 Å². The van der Waals surface area contributed by atoms with Crippen molar-refractivity contribution < 1.29 is 28.9 Å². The third kappa shape index (κ3) is 4.59. The van der Waals surface area contributed by atoms with Crippen LogP contribution in [0.25, 0.3) is 21.3 Å². The number of hydrogen-bond donors (Lipinski definition) is 4. The van der Waals surface area contributed by atoms with Crippen LogP contribution in [0.4, 0.5) is 11.5 Å². The van der Waals surface area contributed by atoms with E-state index in [4.69, 9.17) is 26.7 Å². The summed E-state index contributed by atoms with van der Waals surface area (Å²) >= 11 is 0.975. The van der Waals surface area contributed by atoms with Crippen molar-refractivity contribution in [3.8, 4) is 28.7 Å². The number of anilines is 2. The average Bonchev–Trinajstić information content (AvgIpc) is 3.12. The molecule has 0 saturated carbocycles. The number of thiophene rings is 1. The number of nitrogens with zero attached hydrogens (tertiary/aromatic N) is 2. The number of pyridine rings is 1. The fraction of sp³-hybridized carbons (Fsp3) is 0.238. The zero-order valence-electron chi connectivity index (χ0n) is 17.7. The van der Waals surface area contributed by atoms with Crippen LogP contribution in [0, 0.1) is 11.3 Å². The van der Waals surface area contributed by atoms with Crippen molar-refractivity contribution in [3.05, 3.63) is 28.6 Å². The van der Waals surface area contributed by atoms with Gasteiger partial charge in [0, 0.05) is 10.9 Å². The summed E-state index contributed by atoms with van der Waals surface area (Å²) < 4.78 is 15.5. The Balaban J connectivity index is 2.14. The third-order valence-electron chi connectivity index (χ3n) is 4.75. The van der Waals surface area contributed by atoms with Gasteiger partial charge in [-0.25, -0.2) is 4.98 Å². The van der Waals surface area contributed by atoms with Crippen molar-refractivity contribution in [2.45, 2.75) is 12.5 Å². The number of carbonyl (C=O) groups excluding carboxylic acids is 2. The quantitative estimate of drug-likeness (QED) is 0.348. The number of benzene rings is 1. The fourth-order valence-corrected chi connectivity index (χ4v) is 4.18. The number of methoxy groups -OCH3 is 2. The molecule has 1 amide bonds. The third-order valence-corrected chi connectivity index (χ3v) is 5.87. The standard InChI is InChI=1S/C21H21N5O6S/c1-30-12-4-3-9(5-13(12)32-8-10(27)6-14(28)31-2)15-11(7-22)19(24)26-21-16(15)17(23)18(33-21)20(25)29/h3-5,10,27H,6,8,23H2,1-2H3,(H2,24,26)(H2,25,29). The van der Waals surface area contributed by atoms with Crippen LogP contribution in [-0.2, 0) is 9.53 Å². The van der Waals surface area contributed by atoms with Gasteiger partial charge in [0.25, 0.3) is 5.91 Å². The van der Waals surface area contributed by atoms with Crippen LogP contribution in [0.2, 0.25) is 0 Å². The first-order chi connectivity index (χ1) is 15.7. The van der Waals surface area contributed by atoms with E-state index in [-0.39, 0.29) is 40.7 Å². The molecule has 7 N–H and O–H groups in total. The summed E-state index contributed by atoms with van der Waals surface area (Å²) in [6, 6.07) is 6.85. The summed E-state index contributed by atoms with van der Waals surface area (Å²) in [4.78, 5) is 27.8. The summed E-state index contributed by atoms with van der Waals surface area (Å²) in [7, 11) is 2.65. The van der Waals surface area contributed by atoms with Crippen LogP contribution in [0.1, 0.15) is 21.7 Å². The van der Waals surface area contributed by atoms with Gasteiger partial charge >= 0.3 is 5.97 Å². The normalized spacial score (nSPS) is 11.6. The zero-order valence-corrected chi connectivity index (χ0v) is 18.6. The monoisotopic (exact) mass is 471 g/mol. The molecular weight excluding hydrogens is 450 g/mol. The highest BCUT2D eigenvalue weighted by Crippen LogP contribution is 2.44. The molecule has 3 aromatic rings. The van der Waals surface area contributed by atoms with Gasteiger partial charge in [-0.05, 0) is 17.7 Å². The molecule has 0 spiro atoms. The van der Waals surface area contributed by atoms with E-state index >= 15 is 0 Å². The Morgan fingerprint density at radius 1 is 1.27 bits per heavy atom. The van der Waals surface area contributed by atoms with Gasteiger partial charge in [0.15, 0.2) is 11.5 Å². The molecule has 0 saturated heterocycles. The zero-order chi connectivity index (χ0) is 24.3. The molecule has 12 heteroatoms. The average molecular weight is 471 g/mol. The molecule has 3 rings (SSSR count). The van der Waals surface area contributed by atoms with Crippen molar-refractivity contribution in [1.29, 1.82) is 5.26 Å². The molecule has 0 aliphatic carbocycles. The minimum atomic E-state index is -1.12. The number of primary amides is 1. The SMILES string of the molecule is COC(=O)CC(O)COc1cc(-c2c(C#N)c(N)nc3sc(C(N)=O)c(N)c23)ccc1OC. The lowest BCUT2D eigenvalue weighted by molar-refractivity contribution is -0.143. The van der Waals surface area contributed by atoms with Crippen LogP contribution < -0.4 is 26.7 Å². The number of aliphatic hydroxyl groups is 1. The van der Waals surface area contributed by atoms with Gasteiger partial charge in [0.1, 0.15) is 33.8 Å². The molecule has 2 heterocycles. The molecule has 2 aromatic heterocycles. The highest BCUT2D eigenvalue weighted by atomic mass is 32.1. The van der Waals surface area contributed by atoms with Gasteiger partial charge in [0.05, 0.1) is 32.4 Å². The number of rotatable bonds is 8. The van der Waals surface area contributed by atoms with Gasteiger partial charge in [-0.3, -0.25) is 9.59 Å². The number of nitrogens with two attached hydrogens (primary N) is 3. The summed E-state index contributed by atoms with van der Waals surface area (Å²) in [5.41, 5.74) is 18.6. The Labute approximate surface area is 192 Å². The maximum atomic E-state index is 11.8. The topological polar surface area (TPSA) is 197 Å². The van der Waals surface area contributed by atoms with E-state index in [1.54, 1.807) is 18.2 Å². The number of aliphatic hydroxyl groups excluding tert-OH is 1. The second kappa shape index (κ2) is 9.60. The Morgan fingerprint density at radius 3 is 2.61 bits per heavy atom. The van der Waals surface area contributed by atoms with Gasteiger partial charge in [-0.2, -0.15) is 5.26 Å². The fourth-order valence-electron chi connectivity index (χ4n) is 3.22. The molecule has 0 radical (unpaired) electrons. The second-order valence-electron chi connectivity index (χ2n) is 6.86. The molecule has 172 valence electrons. The number of esters is 1. The molecule has 1 aromatic carbocycles. The summed E-state index contributed by atoms with van der Waals surface area (Å²) in [5, 5.41) is 20.1. The van der Waals surface area contributed by atoms with E-state index in [9.17, 15) is 20.0 Å². The summed E-state index contributed by atoms with van der Waals surface area (Å²) in [5.74, 6) is -0.772. The van der Waals surface area contributed by atoms with E-state index in [2.05, 4.69) is 9.72 Å². The Bertz CT molecular complexity index is 1280. The molecule has 1 unspecified atom stereocenters. The molecule has 33 heavy (non-hydrogen) atoms. The lowest BCUT2D eigenvalue weighted by atomic mass is 9.97. The van der Waals surface area contributed by atoms with Crippen LogP contribution >= 0.6 is 11.3 Å². The number of hydrogen-bond acceptors (Lipinski definition) is 11. The van der Waals surface area contributed by atoms with Crippen LogP contribution in [-0.4, -0.2) is 48.9 Å². The lowest BCUT2D eigenvalue weighted by Gasteiger charge is -2.16. The van der Waals surface area contributed by atoms with Crippen molar-refractivity contribution >= 4 is 44.9 Å². The molecular formula is C21H21N5O6S. The van der Waals surface area contributed by atoms with E-state index in [1.807, 2.05) is 6.07 Å². The first kappa shape index (κ1) is 23.6. The van der Waals surface area contributed by atoms with Crippen LogP contribution in [0.3, 0.4) is 0 Å². The largest absolute Gasteiger partial charge is 0.493 e. The smallest absolute Gasteiger partial charge is 0.308 e. The van der Waals surface area contributed by atoms with Gasteiger partial charge in [0.2, 0.25) is 0 Å². The summed E-state index contributed by atoms with van der Waals surface area (Å²) in [6.07, 6.45) is -1.37. The Kier molecular flexibility index (Phi) is 6.86. The lowest BCUT2D eigenvalue weighted by Crippen LogP contribution is -2.22. The minimum absolute atomic E-state index is 0.0379. The number of carbonyl (C=O) groups is 2. The molecule has 1 atom stereocenters. The molecule has 0 aliphatic heterocycles. The van der Waals surface area contributed by atoms with E-state index in [0.29, 0.717) is 27.1 Å². The van der Waals surface area contributed by atoms with Crippen LogP contribution in [0.15, 0.2) is 18.2 Å². The predicted octanol–water partition coefficient (Wildman–Crippen LogP) is 1.41. The number of amides is 1. The highest BCUT2D eigenvalue weighted by Gasteiger charge is 2.24. The van der Waals surface area contributed by atoms with Crippen molar-refractivity contribution in [3.63, 3.8) is 0 Å². The van der Waals surface area contributed by atoms with E-state index in [0.717, 1.165) is 11.3 Å². The first-order valence-electron chi connectivity index (χ1n) is 9.49. The second-order valence-corrected chi connectivity index (χ2v) is 7.86.